The molecule has 0 unspecified atom stereocenters. The third-order valence-electron chi connectivity index (χ3n) is 8.25. The van der Waals surface area contributed by atoms with Crippen LogP contribution in [-0.2, 0) is 0 Å². The third-order valence-corrected chi connectivity index (χ3v) is 8.25. The lowest BCUT2D eigenvalue weighted by Gasteiger charge is -2.17. The van der Waals surface area contributed by atoms with E-state index in [1.54, 1.807) is 0 Å². The van der Waals surface area contributed by atoms with Crippen molar-refractivity contribution in [1.82, 2.24) is 0 Å². The fourth-order valence-electron chi connectivity index (χ4n) is 5.56. The van der Waals surface area contributed by atoms with Crippen LogP contribution in [0.3, 0.4) is 0 Å². The molecule has 2 aromatic rings. The molecule has 228 valence electrons. The van der Waals surface area contributed by atoms with Gasteiger partial charge in [0.1, 0.15) is 19.8 Å². The lowest BCUT2D eigenvalue weighted by molar-refractivity contribution is -0.462. The van der Waals surface area contributed by atoms with Crippen molar-refractivity contribution in [3.05, 3.63) is 89.5 Å². The van der Waals surface area contributed by atoms with Gasteiger partial charge in [-0.05, 0) is 65.1 Å². The highest BCUT2D eigenvalue weighted by atomic mass is 16.5. The Labute approximate surface area is 257 Å². The fraction of sp³-hybridized carbons (Fsp3) is 0.513. The van der Waals surface area contributed by atoms with E-state index in [0.29, 0.717) is 0 Å². The average molecular weight is 570 g/mol. The SMILES string of the molecule is CCCCCCCCCCCCCCCCOc1ccc(C(=C2C=CC(=[N+](C)C)C=C2)c2ccc(N(C)C)cc2)cc1. The summed E-state index contributed by atoms with van der Waals surface area (Å²) in [5.74, 6) is 0.957. The summed E-state index contributed by atoms with van der Waals surface area (Å²) in [5.41, 5.74) is 7.28. The molecule has 0 aliphatic heterocycles. The summed E-state index contributed by atoms with van der Waals surface area (Å²) in [5, 5.41) is 0. The number of nitrogens with zero attached hydrogens (tertiary/aromatic N) is 2. The molecular formula is C39H57N2O+. The monoisotopic (exact) mass is 569 g/mol. The molecule has 1 aliphatic rings. The smallest absolute Gasteiger partial charge is 0.199 e. The van der Waals surface area contributed by atoms with Gasteiger partial charge in [-0.2, -0.15) is 0 Å². The van der Waals surface area contributed by atoms with Gasteiger partial charge in [0.25, 0.3) is 0 Å². The van der Waals surface area contributed by atoms with Crippen LogP contribution in [0.5, 0.6) is 5.75 Å². The van der Waals surface area contributed by atoms with E-state index in [4.69, 9.17) is 4.74 Å². The standard InChI is InChI=1S/C39H57N2O/c1-6-7-8-9-10-11-12-13-14-15-16-17-18-19-32-42-38-30-24-35(25-31-38)39(33-20-26-36(27-21-33)40(2)3)34-22-28-37(29-23-34)41(4)5/h20-31H,6-19,32H2,1-5H3/q+1. The molecule has 0 saturated heterocycles. The van der Waals surface area contributed by atoms with Gasteiger partial charge in [0.15, 0.2) is 5.71 Å². The van der Waals surface area contributed by atoms with Gasteiger partial charge in [0, 0.05) is 31.9 Å². The minimum atomic E-state index is 0.798. The summed E-state index contributed by atoms with van der Waals surface area (Å²) in [6, 6.07) is 17.5. The van der Waals surface area contributed by atoms with Crippen molar-refractivity contribution < 1.29 is 9.31 Å². The van der Waals surface area contributed by atoms with E-state index in [1.165, 1.54) is 117 Å². The average Bonchev–Trinajstić information content (AvgIpc) is 3.00. The van der Waals surface area contributed by atoms with Crippen molar-refractivity contribution in [3.8, 4) is 5.75 Å². The third kappa shape index (κ3) is 11.7. The zero-order valence-corrected chi connectivity index (χ0v) is 27.3. The van der Waals surface area contributed by atoms with Crippen molar-refractivity contribution in [1.29, 1.82) is 0 Å². The maximum atomic E-state index is 6.12. The Balaban J connectivity index is 1.44. The summed E-state index contributed by atoms with van der Waals surface area (Å²) in [6.45, 7) is 3.09. The second-order valence-corrected chi connectivity index (χ2v) is 12.2. The minimum absolute atomic E-state index is 0.798. The number of hydrogen-bond acceptors (Lipinski definition) is 2. The second-order valence-electron chi connectivity index (χ2n) is 12.2. The Morgan fingerprint density at radius 1 is 0.595 bits per heavy atom. The zero-order valence-electron chi connectivity index (χ0n) is 27.3. The van der Waals surface area contributed by atoms with E-state index >= 15 is 0 Å². The van der Waals surface area contributed by atoms with E-state index in [9.17, 15) is 0 Å². The molecule has 3 rings (SSSR count). The van der Waals surface area contributed by atoms with Gasteiger partial charge in [0.2, 0.25) is 0 Å². The molecule has 0 amide bonds. The summed E-state index contributed by atoms with van der Waals surface area (Å²) in [4.78, 5) is 2.14. The first-order valence-electron chi connectivity index (χ1n) is 16.7. The number of hydrogen-bond donors (Lipinski definition) is 0. The van der Waals surface area contributed by atoms with E-state index in [-0.39, 0.29) is 0 Å². The van der Waals surface area contributed by atoms with Gasteiger partial charge in [0.05, 0.1) is 6.61 Å². The number of benzene rings is 2. The molecule has 42 heavy (non-hydrogen) atoms. The van der Waals surface area contributed by atoms with Crippen LogP contribution in [0.15, 0.2) is 78.4 Å². The molecule has 1 aliphatic carbocycles. The molecule has 0 spiro atoms. The van der Waals surface area contributed by atoms with Crippen LogP contribution in [0.1, 0.15) is 108 Å². The highest BCUT2D eigenvalue weighted by Gasteiger charge is 2.13. The minimum Gasteiger partial charge on any atom is -0.494 e. The van der Waals surface area contributed by atoms with Crippen LogP contribution in [0, 0.1) is 0 Å². The van der Waals surface area contributed by atoms with Gasteiger partial charge in [-0.25, -0.2) is 4.58 Å². The fourth-order valence-corrected chi connectivity index (χ4v) is 5.56. The first-order valence-corrected chi connectivity index (χ1v) is 16.7. The topological polar surface area (TPSA) is 15.5 Å². The highest BCUT2D eigenvalue weighted by molar-refractivity contribution is 6.04. The molecule has 2 aromatic carbocycles. The molecule has 0 fully saturated rings. The van der Waals surface area contributed by atoms with Crippen LogP contribution >= 0.6 is 0 Å². The number of allylic oxidation sites excluding steroid dienone is 5. The summed E-state index contributed by atoms with van der Waals surface area (Å²) < 4.78 is 8.26. The molecule has 0 aromatic heterocycles. The summed E-state index contributed by atoms with van der Waals surface area (Å²) in [7, 11) is 8.32. The van der Waals surface area contributed by atoms with Crippen LogP contribution in [-0.4, -0.2) is 45.1 Å². The first kappa shape index (κ1) is 33.4. The van der Waals surface area contributed by atoms with Crippen molar-refractivity contribution >= 4 is 17.0 Å². The zero-order chi connectivity index (χ0) is 30.0. The van der Waals surface area contributed by atoms with E-state index < -0.39 is 0 Å². The van der Waals surface area contributed by atoms with E-state index in [2.05, 4.69) is 117 Å². The number of unbranched alkanes of at least 4 members (excludes halogenated alkanes) is 13. The van der Waals surface area contributed by atoms with Gasteiger partial charge in [-0.3, -0.25) is 0 Å². The normalized spacial score (nSPS) is 12.6. The molecule has 0 heterocycles. The van der Waals surface area contributed by atoms with E-state index in [0.717, 1.165) is 18.8 Å². The molecule has 3 heteroatoms. The number of ether oxygens (including phenoxy) is 1. The molecule has 0 bridgehead atoms. The predicted molar refractivity (Wildman–Crippen MR) is 184 cm³/mol. The Hall–Kier alpha value is -3.07. The molecule has 0 saturated carbocycles. The van der Waals surface area contributed by atoms with Gasteiger partial charge >= 0.3 is 0 Å². The maximum Gasteiger partial charge on any atom is 0.199 e. The Morgan fingerprint density at radius 3 is 1.50 bits per heavy atom. The Kier molecular flexibility index (Phi) is 15.3. The first-order chi connectivity index (χ1) is 20.5. The van der Waals surface area contributed by atoms with Crippen molar-refractivity contribution in [2.45, 2.75) is 96.8 Å². The summed E-state index contributed by atoms with van der Waals surface area (Å²) in [6.07, 6.45) is 28.1. The molecular weight excluding hydrogens is 512 g/mol. The van der Waals surface area contributed by atoms with Gasteiger partial charge < -0.3 is 9.64 Å². The van der Waals surface area contributed by atoms with Crippen molar-refractivity contribution in [2.24, 2.45) is 0 Å². The largest absolute Gasteiger partial charge is 0.494 e. The predicted octanol–water partition coefficient (Wildman–Crippen LogP) is 10.3. The Bertz CT molecular complexity index is 1140. The molecule has 3 nitrogen and oxygen atoms in total. The summed E-state index contributed by atoms with van der Waals surface area (Å²) >= 11 is 0. The molecule has 0 atom stereocenters. The van der Waals surface area contributed by atoms with E-state index in [1.807, 2.05) is 0 Å². The number of rotatable bonds is 19. The van der Waals surface area contributed by atoms with Crippen LogP contribution in [0.25, 0.3) is 5.57 Å². The molecule has 0 radical (unpaired) electrons. The highest BCUT2D eigenvalue weighted by Crippen LogP contribution is 2.32. The van der Waals surface area contributed by atoms with Gasteiger partial charge in [-0.1, -0.05) is 115 Å². The maximum absolute atomic E-state index is 6.12. The lowest BCUT2D eigenvalue weighted by atomic mass is 9.90. The Morgan fingerprint density at radius 2 is 1.05 bits per heavy atom. The van der Waals surface area contributed by atoms with Crippen molar-refractivity contribution in [2.75, 3.05) is 39.7 Å². The second kappa shape index (κ2) is 19.2. The lowest BCUT2D eigenvalue weighted by Crippen LogP contribution is -2.10. The quantitative estimate of drug-likeness (QED) is 0.123. The van der Waals surface area contributed by atoms with Crippen LogP contribution in [0.4, 0.5) is 5.69 Å². The van der Waals surface area contributed by atoms with Crippen LogP contribution < -0.4 is 9.64 Å². The van der Waals surface area contributed by atoms with Crippen LogP contribution in [0.2, 0.25) is 0 Å². The van der Waals surface area contributed by atoms with Crippen molar-refractivity contribution in [3.63, 3.8) is 0 Å². The number of anilines is 1. The van der Waals surface area contributed by atoms with Gasteiger partial charge in [-0.15, -0.1) is 0 Å². The molecule has 0 N–H and O–H groups in total.